The number of ether oxygens (including phenoxy) is 1. The molecule has 19 heavy (non-hydrogen) atoms. The van der Waals surface area contributed by atoms with E-state index >= 15 is 0 Å². The Morgan fingerprint density at radius 2 is 2.11 bits per heavy atom. The van der Waals surface area contributed by atoms with Crippen LogP contribution in [0.5, 0.6) is 5.75 Å². The molecule has 1 aromatic carbocycles. The molecule has 1 aromatic rings. The maximum absolute atomic E-state index is 12.4. The standard InChI is InChI=1S/C14H20N2O2.ClH/c1-10-9-16(8-7-12(10)15)14(17)11-5-3-4-6-13(11)18-2;/h3-6,10,12H,7-9,15H2,1-2H3;1H. The van der Waals surface area contributed by atoms with Crippen molar-refractivity contribution in [2.45, 2.75) is 19.4 Å². The highest BCUT2D eigenvalue weighted by atomic mass is 35.5. The summed E-state index contributed by atoms with van der Waals surface area (Å²) >= 11 is 0. The second kappa shape index (κ2) is 6.78. The van der Waals surface area contributed by atoms with E-state index in [9.17, 15) is 4.79 Å². The Bertz CT molecular complexity index is 439. The number of nitrogens with two attached hydrogens (primary N) is 1. The lowest BCUT2D eigenvalue weighted by Crippen LogP contribution is -2.48. The fourth-order valence-corrected chi connectivity index (χ4v) is 2.34. The molecule has 2 atom stereocenters. The van der Waals surface area contributed by atoms with Crippen molar-refractivity contribution in [3.05, 3.63) is 29.8 Å². The van der Waals surface area contributed by atoms with Gasteiger partial charge in [-0.3, -0.25) is 4.79 Å². The molecule has 1 aliphatic rings. The number of likely N-dealkylation sites (tertiary alicyclic amines) is 1. The van der Waals surface area contributed by atoms with Gasteiger partial charge in [-0.1, -0.05) is 19.1 Å². The van der Waals surface area contributed by atoms with Crippen LogP contribution in [0.25, 0.3) is 0 Å². The zero-order valence-electron chi connectivity index (χ0n) is 11.3. The van der Waals surface area contributed by atoms with Gasteiger partial charge in [0.15, 0.2) is 0 Å². The van der Waals surface area contributed by atoms with Gasteiger partial charge in [-0.15, -0.1) is 12.4 Å². The summed E-state index contributed by atoms with van der Waals surface area (Å²) in [6.07, 6.45) is 0.863. The molecule has 1 heterocycles. The fourth-order valence-electron chi connectivity index (χ4n) is 2.34. The van der Waals surface area contributed by atoms with Gasteiger partial charge in [0.25, 0.3) is 5.91 Å². The molecule has 0 bridgehead atoms. The van der Waals surface area contributed by atoms with Crippen molar-refractivity contribution in [3.63, 3.8) is 0 Å². The van der Waals surface area contributed by atoms with Crippen LogP contribution in [0.3, 0.4) is 0 Å². The zero-order valence-corrected chi connectivity index (χ0v) is 12.2. The molecule has 106 valence electrons. The van der Waals surface area contributed by atoms with Crippen LogP contribution >= 0.6 is 12.4 Å². The number of benzene rings is 1. The van der Waals surface area contributed by atoms with Gasteiger partial charge < -0.3 is 15.4 Å². The average Bonchev–Trinajstić information content (AvgIpc) is 2.41. The van der Waals surface area contributed by atoms with E-state index in [0.29, 0.717) is 17.2 Å². The average molecular weight is 285 g/mol. The van der Waals surface area contributed by atoms with Crippen molar-refractivity contribution in [2.24, 2.45) is 11.7 Å². The third-order valence-corrected chi connectivity index (χ3v) is 3.60. The molecule has 1 fully saturated rings. The summed E-state index contributed by atoms with van der Waals surface area (Å²) in [5.41, 5.74) is 6.60. The first-order chi connectivity index (χ1) is 8.63. The minimum Gasteiger partial charge on any atom is -0.496 e. The molecule has 0 aromatic heterocycles. The first-order valence-electron chi connectivity index (χ1n) is 6.31. The topological polar surface area (TPSA) is 55.6 Å². The molecule has 2 unspecified atom stereocenters. The van der Waals surface area contributed by atoms with E-state index in [-0.39, 0.29) is 24.4 Å². The lowest BCUT2D eigenvalue weighted by molar-refractivity contribution is 0.0661. The predicted octanol–water partition coefficient (Wildman–Crippen LogP) is 1.93. The summed E-state index contributed by atoms with van der Waals surface area (Å²) in [5.74, 6) is 1.01. The third-order valence-electron chi connectivity index (χ3n) is 3.60. The van der Waals surface area contributed by atoms with E-state index in [0.717, 1.165) is 19.5 Å². The van der Waals surface area contributed by atoms with Crippen molar-refractivity contribution in [1.29, 1.82) is 0 Å². The van der Waals surface area contributed by atoms with Crippen LogP contribution in [0.4, 0.5) is 0 Å². The molecule has 1 aliphatic heterocycles. The Labute approximate surface area is 120 Å². The first-order valence-corrected chi connectivity index (χ1v) is 6.31. The van der Waals surface area contributed by atoms with Gasteiger partial charge >= 0.3 is 0 Å². The highest BCUT2D eigenvalue weighted by molar-refractivity contribution is 5.97. The summed E-state index contributed by atoms with van der Waals surface area (Å²) < 4.78 is 5.23. The number of methoxy groups -OCH3 is 1. The number of carbonyl (C=O) groups excluding carboxylic acids is 1. The number of nitrogens with zero attached hydrogens (tertiary/aromatic N) is 1. The van der Waals surface area contributed by atoms with E-state index in [1.54, 1.807) is 13.2 Å². The van der Waals surface area contributed by atoms with E-state index in [1.165, 1.54) is 0 Å². The highest BCUT2D eigenvalue weighted by Gasteiger charge is 2.27. The van der Waals surface area contributed by atoms with E-state index in [4.69, 9.17) is 10.5 Å². The molecular formula is C14H21ClN2O2. The molecule has 1 amide bonds. The normalized spacial score (nSPS) is 22.6. The number of hydrogen-bond donors (Lipinski definition) is 1. The van der Waals surface area contributed by atoms with Crippen molar-refractivity contribution in [1.82, 2.24) is 4.90 Å². The quantitative estimate of drug-likeness (QED) is 0.903. The van der Waals surface area contributed by atoms with Gasteiger partial charge in [-0.2, -0.15) is 0 Å². The molecule has 0 aliphatic carbocycles. The molecule has 0 spiro atoms. The Kier molecular flexibility index (Phi) is 5.63. The molecule has 2 rings (SSSR count). The van der Waals surface area contributed by atoms with Crippen molar-refractivity contribution < 1.29 is 9.53 Å². The van der Waals surface area contributed by atoms with Crippen molar-refractivity contribution >= 4 is 18.3 Å². The van der Waals surface area contributed by atoms with Crippen molar-refractivity contribution in [2.75, 3.05) is 20.2 Å². The predicted molar refractivity (Wildman–Crippen MR) is 77.9 cm³/mol. The lowest BCUT2D eigenvalue weighted by atomic mass is 9.94. The zero-order chi connectivity index (χ0) is 13.1. The monoisotopic (exact) mass is 284 g/mol. The lowest BCUT2D eigenvalue weighted by Gasteiger charge is -2.35. The van der Waals surface area contributed by atoms with Gasteiger partial charge in [0.2, 0.25) is 0 Å². The smallest absolute Gasteiger partial charge is 0.257 e. The summed E-state index contributed by atoms with van der Waals surface area (Å²) in [4.78, 5) is 14.3. The second-order valence-electron chi connectivity index (χ2n) is 4.88. The molecule has 4 nitrogen and oxygen atoms in total. The Hall–Kier alpha value is -1.26. The minimum atomic E-state index is 0. The molecule has 0 saturated carbocycles. The fraction of sp³-hybridized carbons (Fsp3) is 0.500. The van der Waals surface area contributed by atoms with Crippen LogP contribution in [0.2, 0.25) is 0 Å². The molecule has 2 N–H and O–H groups in total. The van der Waals surface area contributed by atoms with Gasteiger partial charge in [-0.25, -0.2) is 0 Å². The second-order valence-corrected chi connectivity index (χ2v) is 4.88. The number of halogens is 1. The largest absolute Gasteiger partial charge is 0.496 e. The summed E-state index contributed by atoms with van der Waals surface area (Å²) in [7, 11) is 1.58. The van der Waals surface area contributed by atoms with Gasteiger partial charge in [0.1, 0.15) is 5.75 Å². The number of carbonyl (C=O) groups is 1. The molecular weight excluding hydrogens is 264 g/mol. The Balaban J connectivity index is 0.00000180. The van der Waals surface area contributed by atoms with Crippen LogP contribution in [-0.2, 0) is 0 Å². The summed E-state index contributed by atoms with van der Waals surface area (Å²) in [6, 6.07) is 7.54. The van der Waals surface area contributed by atoms with Crippen LogP contribution in [0, 0.1) is 5.92 Å². The SMILES string of the molecule is COc1ccccc1C(=O)N1CCC(N)C(C)C1.Cl. The Morgan fingerprint density at radius 3 is 2.74 bits per heavy atom. The van der Waals surface area contributed by atoms with Gasteiger partial charge in [0.05, 0.1) is 12.7 Å². The molecule has 5 heteroatoms. The van der Waals surface area contributed by atoms with Crippen LogP contribution in [0.1, 0.15) is 23.7 Å². The third kappa shape index (κ3) is 3.39. The van der Waals surface area contributed by atoms with Gasteiger partial charge in [-0.05, 0) is 24.5 Å². The van der Waals surface area contributed by atoms with Crippen LogP contribution in [-0.4, -0.2) is 37.0 Å². The summed E-state index contributed by atoms with van der Waals surface area (Å²) in [6.45, 7) is 3.53. The number of rotatable bonds is 2. The summed E-state index contributed by atoms with van der Waals surface area (Å²) in [5, 5.41) is 0. The van der Waals surface area contributed by atoms with E-state index < -0.39 is 0 Å². The highest BCUT2D eigenvalue weighted by Crippen LogP contribution is 2.22. The maximum Gasteiger partial charge on any atom is 0.257 e. The minimum absolute atomic E-state index is 0. The number of amides is 1. The number of para-hydroxylation sites is 1. The maximum atomic E-state index is 12.4. The number of hydrogen-bond acceptors (Lipinski definition) is 3. The Morgan fingerprint density at radius 1 is 1.42 bits per heavy atom. The van der Waals surface area contributed by atoms with Crippen LogP contribution in [0.15, 0.2) is 24.3 Å². The van der Waals surface area contributed by atoms with Gasteiger partial charge in [0, 0.05) is 19.1 Å². The molecule has 0 radical (unpaired) electrons. The van der Waals surface area contributed by atoms with E-state index in [2.05, 4.69) is 6.92 Å². The van der Waals surface area contributed by atoms with Crippen LogP contribution < -0.4 is 10.5 Å². The van der Waals surface area contributed by atoms with E-state index in [1.807, 2.05) is 23.1 Å². The number of piperidine rings is 1. The molecule has 1 saturated heterocycles. The first kappa shape index (κ1) is 15.8. The van der Waals surface area contributed by atoms with Crippen molar-refractivity contribution in [3.8, 4) is 5.75 Å².